The molecule has 0 aromatic heterocycles. The van der Waals surface area contributed by atoms with E-state index in [1.54, 1.807) is 6.07 Å². The van der Waals surface area contributed by atoms with E-state index in [4.69, 9.17) is 51.8 Å². The largest absolute Gasteiger partial charge is 0.494 e. The summed E-state index contributed by atoms with van der Waals surface area (Å²) in [6.45, 7) is 4.26. The Hall–Kier alpha value is -1.73. The number of piperidine rings is 1. The highest BCUT2D eigenvalue weighted by Gasteiger charge is 2.20. The lowest BCUT2D eigenvalue weighted by Crippen LogP contribution is -2.34. The van der Waals surface area contributed by atoms with E-state index in [0.717, 1.165) is 37.5 Å². The fraction of sp³-hybridized carbons (Fsp3) is 0.333. The number of halogens is 3. The van der Waals surface area contributed by atoms with Crippen LogP contribution in [0.5, 0.6) is 5.75 Å². The van der Waals surface area contributed by atoms with Gasteiger partial charge in [-0.05, 0) is 61.3 Å². The molecule has 2 N–H and O–H groups in total. The summed E-state index contributed by atoms with van der Waals surface area (Å²) in [5.74, 6) is 0.485. The Balaban J connectivity index is 1.67. The Labute approximate surface area is 196 Å². The molecule has 9 heteroatoms. The first-order valence-electron chi connectivity index (χ1n) is 9.48. The number of hydrogen-bond acceptors (Lipinski definition) is 4. The van der Waals surface area contributed by atoms with Gasteiger partial charge in [-0.2, -0.15) is 0 Å². The van der Waals surface area contributed by atoms with E-state index < -0.39 is 5.91 Å². The Kier molecular flexibility index (Phi) is 7.69. The van der Waals surface area contributed by atoms with Crippen LogP contribution in [0.1, 0.15) is 30.1 Å². The van der Waals surface area contributed by atoms with Crippen molar-refractivity contribution < 1.29 is 9.53 Å². The Morgan fingerprint density at radius 1 is 1.13 bits per heavy atom. The topological polar surface area (TPSA) is 53.6 Å². The highest BCUT2D eigenvalue weighted by molar-refractivity contribution is 7.80. The van der Waals surface area contributed by atoms with Crippen molar-refractivity contribution in [2.75, 3.05) is 30.4 Å². The predicted octanol–water partition coefficient (Wildman–Crippen LogP) is 6.02. The lowest BCUT2D eigenvalue weighted by molar-refractivity contribution is 0.0975. The average molecular weight is 487 g/mol. The molecule has 1 aliphatic rings. The number of methoxy groups -OCH3 is 1. The van der Waals surface area contributed by atoms with E-state index in [9.17, 15) is 4.79 Å². The van der Waals surface area contributed by atoms with Crippen LogP contribution >= 0.6 is 47.0 Å². The number of benzene rings is 2. The number of carbonyl (C=O) groups is 1. The maximum atomic E-state index is 12.6. The van der Waals surface area contributed by atoms with E-state index in [1.807, 2.05) is 12.1 Å². The molecule has 1 saturated heterocycles. The molecule has 1 heterocycles. The van der Waals surface area contributed by atoms with Crippen LogP contribution in [0.15, 0.2) is 30.3 Å². The lowest BCUT2D eigenvalue weighted by atomic mass is 9.99. The summed E-state index contributed by atoms with van der Waals surface area (Å²) in [6.07, 6.45) is 2.31. The first kappa shape index (κ1) is 22.9. The second kappa shape index (κ2) is 10.1. The third kappa shape index (κ3) is 5.49. The standard InChI is InChI=1S/C21H22Cl3N3O2S/c1-12-5-7-27(8-6-12)18-4-3-14(11-16(18)23)25-21(30)26-20(28)15-9-13(22)10-17(24)19(15)29-2/h3-4,9-12H,5-8H2,1-2H3,(H2,25,26,28,30). The number of nitrogens with one attached hydrogen (secondary N) is 2. The molecule has 0 saturated carbocycles. The maximum absolute atomic E-state index is 12.6. The Morgan fingerprint density at radius 3 is 2.47 bits per heavy atom. The van der Waals surface area contributed by atoms with Gasteiger partial charge < -0.3 is 15.0 Å². The molecule has 160 valence electrons. The molecule has 2 aromatic rings. The van der Waals surface area contributed by atoms with Gasteiger partial charge in [0.15, 0.2) is 5.11 Å². The average Bonchev–Trinajstić information content (AvgIpc) is 2.68. The lowest BCUT2D eigenvalue weighted by Gasteiger charge is -2.32. The molecular formula is C21H22Cl3N3O2S. The highest BCUT2D eigenvalue weighted by Crippen LogP contribution is 2.33. The zero-order chi connectivity index (χ0) is 21.8. The Morgan fingerprint density at radius 2 is 1.83 bits per heavy atom. The van der Waals surface area contributed by atoms with Crippen LogP contribution in [-0.2, 0) is 0 Å². The van der Waals surface area contributed by atoms with Gasteiger partial charge in [-0.3, -0.25) is 10.1 Å². The van der Waals surface area contributed by atoms with Gasteiger partial charge in [0.1, 0.15) is 5.75 Å². The molecule has 30 heavy (non-hydrogen) atoms. The van der Waals surface area contributed by atoms with Crippen molar-refractivity contribution in [3.05, 3.63) is 51.0 Å². The summed E-state index contributed by atoms with van der Waals surface area (Å²) in [4.78, 5) is 14.9. The number of rotatable bonds is 4. The summed E-state index contributed by atoms with van der Waals surface area (Å²) in [5.41, 5.74) is 1.87. The minimum absolute atomic E-state index is 0.119. The quantitative estimate of drug-likeness (QED) is 0.518. The van der Waals surface area contributed by atoms with Gasteiger partial charge in [0.25, 0.3) is 5.91 Å². The number of anilines is 2. The predicted molar refractivity (Wildman–Crippen MR) is 129 cm³/mol. The monoisotopic (exact) mass is 485 g/mol. The summed E-state index contributed by atoms with van der Waals surface area (Å²) >= 11 is 23.9. The molecule has 0 aliphatic carbocycles. The highest BCUT2D eigenvalue weighted by atomic mass is 35.5. The van der Waals surface area contributed by atoms with E-state index in [0.29, 0.717) is 15.7 Å². The zero-order valence-electron chi connectivity index (χ0n) is 16.6. The molecule has 1 amide bonds. The zero-order valence-corrected chi connectivity index (χ0v) is 19.7. The minimum atomic E-state index is -0.487. The molecule has 1 aliphatic heterocycles. The number of hydrogen-bond donors (Lipinski definition) is 2. The van der Waals surface area contributed by atoms with Crippen LogP contribution in [0.25, 0.3) is 0 Å². The smallest absolute Gasteiger partial charge is 0.261 e. The van der Waals surface area contributed by atoms with Gasteiger partial charge in [0, 0.05) is 23.8 Å². The van der Waals surface area contributed by atoms with Crippen molar-refractivity contribution in [3.8, 4) is 5.75 Å². The summed E-state index contributed by atoms with van der Waals surface area (Å²) in [5, 5.41) is 6.89. The van der Waals surface area contributed by atoms with Crippen molar-refractivity contribution in [3.63, 3.8) is 0 Å². The third-order valence-electron chi connectivity index (χ3n) is 5.01. The molecule has 3 rings (SSSR count). The van der Waals surface area contributed by atoms with E-state index >= 15 is 0 Å². The van der Waals surface area contributed by atoms with Crippen LogP contribution in [0.4, 0.5) is 11.4 Å². The van der Waals surface area contributed by atoms with Gasteiger partial charge in [-0.1, -0.05) is 41.7 Å². The van der Waals surface area contributed by atoms with Crippen LogP contribution in [0.2, 0.25) is 15.1 Å². The van der Waals surface area contributed by atoms with E-state index in [1.165, 1.54) is 19.2 Å². The molecule has 2 aromatic carbocycles. The molecule has 0 unspecified atom stereocenters. The summed E-state index contributed by atoms with van der Waals surface area (Å²) in [7, 11) is 1.43. The second-order valence-corrected chi connectivity index (χ2v) is 8.87. The molecule has 5 nitrogen and oxygen atoms in total. The minimum Gasteiger partial charge on any atom is -0.494 e. The number of ether oxygens (including phenoxy) is 1. The second-order valence-electron chi connectivity index (χ2n) is 7.21. The molecule has 1 fully saturated rings. The molecule has 0 atom stereocenters. The van der Waals surface area contributed by atoms with E-state index in [2.05, 4.69) is 22.5 Å². The summed E-state index contributed by atoms with van der Waals surface area (Å²) < 4.78 is 5.21. The fourth-order valence-electron chi connectivity index (χ4n) is 3.36. The van der Waals surface area contributed by atoms with Crippen molar-refractivity contribution in [1.29, 1.82) is 0 Å². The SMILES string of the molecule is COc1c(Cl)cc(Cl)cc1C(=O)NC(=S)Nc1ccc(N2CCC(C)CC2)c(Cl)c1. The van der Waals surface area contributed by atoms with Gasteiger partial charge in [-0.15, -0.1) is 0 Å². The number of nitrogens with zero attached hydrogens (tertiary/aromatic N) is 1. The van der Waals surface area contributed by atoms with Crippen LogP contribution < -0.4 is 20.3 Å². The molecule has 0 bridgehead atoms. The van der Waals surface area contributed by atoms with Crippen molar-refractivity contribution in [1.82, 2.24) is 5.32 Å². The first-order valence-corrected chi connectivity index (χ1v) is 11.0. The maximum Gasteiger partial charge on any atom is 0.261 e. The third-order valence-corrected chi connectivity index (χ3v) is 6.02. The van der Waals surface area contributed by atoms with Crippen LogP contribution in [0, 0.1) is 5.92 Å². The molecule has 0 spiro atoms. The van der Waals surface area contributed by atoms with Crippen molar-refractivity contribution in [2.45, 2.75) is 19.8 Å². The fourth-order valence-corrected chi connectivity index (χ4v) is 4.44. The molecule has 0 radical (unpaired) electrons. The number of carbonyl (C=O) groups excluding carboxylic acids is 1. The van der Waals surface area contributed by atoms with Crippen molar-refractivity contribution in [2.24, 2.45) is 5.92 Å². The Bertz CT molecular complexity index is 963. The van der Waals surface area contributed by atoms with Gasteiger partial charge in [0.05, 0.1) is 28.4 Å². The van der Waals surface area contributed by atoms with Gasteiger partial charge in [-0.25, -0.2) is 0 Å². The van der Waals surface area contributed by atoms with E-state index in [-0.39, 0.29) is 21.4 Å². The van der Waals surface area contributed by atoms with Crippen LogP contribution in [0.3, 0.4) is 0 Å². The summed E-state index contributed by atoms with van der Waals surface area (Å²) in [6, 6.07) is 8.61. The normalized spacial score (nSPS) is 14.4. The van der Waals surface area contributed by atoms with Crippen molar-refractivity contribution >= 4 is 69.4 Å². The number of thiocarbonyl (C=S) groups is 1. The van der Waals surface area contributed by atoms with Crippen LogP contribution in [-0.4, -0.2) is 31.2 Å². The number of amides is 1. The first-order chi connectivity index (χ1) is 14.3. The molecular weight excluding hydrogens is 465 g/mol. The van der Waals surface area contributed by atoms with Gasteiger partial charge >= 0.3 is 0 Å². The van der Waals surface area contributed by atoms with Gasteiger partial charge in [0.2, 0.25) is 0 Å².